The van der Waals surface area contributed by atoms with E-state index >= 15 is 0 Å². The molecular weight excluding hydrogens is 226 g/mol. The third kappa shape index (κ3) is 3.38. The van der Waals surface area contributed by atoms with Crippen molar-refractivity contribution in [3.63, 3.8) is 0 Å². The van der Waals surface area contributed by atoms with Crippen LogP contribution >= 0.6 is 0 Å². The first-order valence-electron chi connectivity index (χ1n) is 5.88. The highest BCUT2D eigenvalue weighted by atomic mass is 16.1. The van der Waals surface area contributed by atoms with Crippen molar-refractivity contribution in [3.05, 3.63) is 42.2 Å². The Bertz CT molecular complexity index is 578. The Kier molecular flexibility index (Phi) is 4.02. The molecule has 0 saturated heterocycles. The molecule has 92 valence electrons. The average Bonchev–Trinajstić information content (AvgIpc) is 2.38. The lowest BCUT2D eigenvalue weighted by Crippen LogP contribution is -2.20. The molecule has 1 aromatic carbocycles. The molecule has 1 aromatic heterocycles. The molecule has 0 aliphatic heterocycles. The van der Waals surface area contributed by atoms with E-state index in [0.29, 0.717) is 6.54 Å². The predicted molar refractivity (Wildman–Crippen MR) is 71.9 cm³/mol. The number of hydrogen-bond donors (Lipinski definition) is 1. The molecule has 4 nitrogen and oxygen atoms in total. The van der Waals surface area contributed by atoms with E-state index < -0.39 is 0 Å². The molecule has 0 atom stereocenters. The third-order valence-corrected chi connectivity index (χ3v) is 2.44. The number of nitrogens with zero attached hydrogens (tertiary/aromatic N) is 2. The van der Waals surface area contributed by atoms with Crippen LogP contribution in [-0.4, -0.2) is 22.4 Å². The summed E-state index contributed by atoms with van der Waals surface area (Å²) < 4.78 is 0. The van der Waals surface area contributed by atoms with Crippen LogP contribution in [0.2, 0.25) is 0 Å². The molecular formula is C14H15N3O. The molecule has 1 N–H and O–H groups in total. The molecule has 2 aromatic rings. The molecule has 2 rings (SSSR count). The Morgan fingerprint density at radius 3 is 2.89 bits per heavy atom. The van der Waals surface area contributed by atoms with E-state index in [-0.39, 0.29) is 5.91 Å². The van der Waals surface area contributed by atoms with Crippen LogP contribution in [0.15, 0.2) is 36.5 Å². The second kappa shape index (κ2) is 5.91. The van der Waals surface area contributed by atoms with Crippen LogP contribution in [0.3, 0.4) is 0 Å². The van der Waals surface area contributed by atoms with E-state index in [4.69, 9.17) is 0 Å². The van der Waals surface area contributed by atoms with Crippen molar-refractivity contribution in [2.75, 3.05) is 6.54 Å². The first-order chi connectivity index (χ1) is 8.75. The highest BCUT2D eigenvalue weighted by Gasteiger charge is 1.95. The van der Waals surface area contributed by atoms with Gasteiger partial charge in [0, 0.05) is 13.5 Å². The van der Waals surface area contributed by atoms with Gasteiger partial charge in [0.15, 0.2) is 0 Å². The SMILES string of the molecule is CC(=O)NCCC=Cc1cnc2ccccc2n1. The van der Waals surface area contributed by atoms with Gasteiger partial charge in [-0.25, -0.2) is 4.98 Å². The molecule has 0 aliphatic carbocycles. The smallest absolute Gasteiger partial charge is 0.216 e. The third-order valence-electron chi connectivity index (χ3n) is 2.44. The number of rotatable bonds is 4. The van der Waals surface area contributed by atoms with Crippen molar-refractivity contribution in [2.24, 2.45) is 0 Å². The van der Waals surface area contributed by atoms with Gasteiger partial charge >= 0.3 is 0 Å². The van der Waals surface area contributed by atoms with Crippen molar-refractivity contribution in [1.29, 1.82) is 0 Å². The van der Waals surface area contributed by atoms with E-state index in [9.17, 15) is 4.79 Å². The minimum absolute atomic E-state index is 0.00565. The largest absolute Gasteiger partial charge is 0.356 e. The highest BCUT2D eigenvalue weighted by Crippen LogP contribution is 2.09. The fourth-order valence-corrected chi connectivity index (χ4v) is 1.59. The molecule has 0 unspecified atom stereocenters. The minimum Gasteiger partial charge on any atom is -0.356 e. The van der Waals surface area contributed by atoms with Crippen LogP contribution in [-0.2, 0) is 4.79 Å². The van der Waals surface area contributed by atoms with E-state index in [1.54, 1.807) is 6.20 Å². The normalized spacial score (nSPS) is 10.9. The molecule has 4 heteroatoms. The van der Waals surface area contributed by atoms with E-state index in [2.05, 4.69) is 15.3 Å². The van der Waals surface area contributed by atoms with Crippen LogP contribution in [0, 0.1) is 0 Å². The van der Waals surface area contributed by atoms with Gasteiger partial charge in [-0.2, -0.15) is 0 Å². The number of carbonyl (C=O) groups is 1. The molecule has 1 amide bonds. The van der Waals surface area contributed by atoms with Gasteiger partial charge in [-0.15, -0.1) is 0 Å². The molecule has 18 heavy (non-hydrogen) atoms. The number of amides is 1. The first kappa shape index (κ1) is 12.2. The average molecular weight is 241 g/mol. The number of fused-ring (bicyclic) bond motifs is 1. The lowest BCUT2D eigenvalue weighted by Gasteiger charge is -1.98. The van der Waals surface area contributed by atoms with Crippen LogP contribution < -0.4 is 5.32 Å². The zero-order valence-corrected chi connectivity index (χ0v) is 10.3. The maximum atomic E-state index is 10.7. The molecule has 0 aliphatic rings. The van der Waals surface area contributed by atoms with Crippen molar-refractivity contribution in [2.45, 2.75) is 13.3 Å². The molecule has 0 bridgehead atoms. The van der Waals surface area contributed by atoms with Gasteiger partial charge in [-0.1, -0.05) is 18.2 Å². The summed E-state index contributed by atoms with van der Waals surface area (Å²) >= 11 is 0. The Morgan fingerprint density at radius 1 is 1.33 bits per heavy atom. The van der Waals surface area contributed by atoms with E-state index in [0.717, 1.165) is 23.1 Å². The summed E-state index contributed by atoms with van der Waals surface area (Å²) in [7, 11) is 0. The summed E-state index contributed by atoms with van der Waals surface area (Å²) in [6, 6.07) is 7.77. The number of para-hydroxylation sites is 2. The van der Waals surface area contributed by atoms with Gasteiger partial charge in [0.05, 0.1) is 22.9 Å². The first-order valence-corrected chi connectivity index (χ1v) is 5.88. The van der Waals surface area contributed by atoms with Crippen LogP contribution in [0.25, 0.3) is 17.1 Å². The van der Waals surface area contributed by atoms with Gasteiger partial charge < -0.3 is 5.32 Å². The number of carbonyl (C=O) groups excluding carboxylic acids is 1. The standard InChI is InChI=1S/C14H15N3O/c1-11(18)15-9-5-4-6-12-10-16-13-7-2-3-8-14(13)17-12/h2-4,6-8,10H,5,9H2,1H3,(H,15,18). The summed E-state index contributed by atoms with van der Waals surface area (Å²) in [6.45, 7) is 2.16. The van der Waals surface area contributed by atoms with Crippen LogP contribution in [0.1, 0.15) is 19.0 Å². The van der Waals surface area contributed by atoms with Crippen molar-refractivity contribution < 1.29 is 4.79 Å². The minimum atomic E-state index is -0.00565. The Labute approximate surface area is 106 Å². The van der Waals surface area contributed by atoms with E-state index in [1.165, 1.54) is 6.92 Å². The fourth-order valence-electron chi connectivity index (χ4n) is 1.59. The van der Waals surface area contributed by atoms with Crippen LogP contribution in [0.4, 0.5) is 0 Å². The Balaban J connectivity index is 1.99. The van der Waals surface area contributed by atoms with Gasteiger partial charge in [0.25, 0.3) is 0 Å². The lowest BCUT2D eigenvalue weighted by atomic mass is 10.3. The maximum absolute atomic E-state index is 10.7. The van der Waals surface area contributed by atoms with Crippen molar-refractivity contribution >= 4 is 23.0 Å². The summed E-state index contributed by atoms with van der Waals surface area (Å²) in [5, 5.41) is 2.74. The lowest BCUT2D eigenvalue weighted by molar-refractivity contribution is -0.118. The molecule has 0 fully saturated rings. The molecule has 0 spiro atoms. The summed E-state index contributed by atoms with van der Waals surface area (Å²) in [5.41, 5.74) is 2.62. The highest BCUT2D eigenvalue weighted by molar-refractivity contribution is 5.74. The fraction of sp³-hybridized carbons (Fsp3) is 0.214. The van der Waals surface area contributed by atoms with E-state index in [1.807, 2.05) is 36.4 Å². The predicted octanol–water partition coefficient (Wildman–Crippen LogP) is 2.17. The topological polar surface area (TPSA) is 54.9 Å². The van der Waals surface area contributed by atoms with Gasteiger partial charge in [-0.05, 0) is 24.6 Å². The second-order valence-electron chi connectivity index (χ2n) is 3.96. The van der Waals surface area contributed by atoms with Crippen LogP contribution in [0.5, 0.6) is 0 Å². The monoisotopic (exact) mass is 241 g/mol. The summed E-state index contributed by atoms with van der Waals surface area (Å²) in [6.07, 6.45) is 6.43. The molecule has 0 radical (unpaired) electrons. The molecule has 0 saturated carbocycles. The quantitative estimate of drug-likeness (QED) is 0.835. The van der Waals surface area contributed by atoms with Gasteiger partial charge in [-0.3, -0.25) is 9.78 Å². The summed E-state index contributed by atoms with van der Waals surface area (Å²) in [5.74, 6) is -0.00565. The van der Waals surface area contributed by atoms with Gasteiger partial charge in [0.2, 0.25) is 5.91 Å². The van der Waals surface area contributed by atoms with Gasteiger partial charge in [0.1, 0.15) is 0 Å². The number of hydrogen-bond acceptors (Lipinski definition) is 3. The van der Waals surface area contributed by atoms with Crippen molar-refractivity contribution in [1.82, 2.24) is 15.3 Å². The summed E-state index contributed by atoms with van der Waals surface area (Å²) in [4.78, 5) is 19.5. The number of benzene rings is 1. The Hall–Kier alpha value is -2.23. The molecule has 1 heterocycles. The Morgan fingerprint density at radius 2 is 2.11 bits per heavy atom. The van der Waals surface area contributed by atoms with Crippen molar-refractivity contribution in [3.8, 4) is 0 Å². The second-order valence-corrected chi connectivity index (χ2v) is 3.96. The number of aromatic nitrogens is 2. The zero-order chi connectivity index (χ0) is 12.8. The maximum Gasteiger partial charge on any atom is 0.216 e. The number of nitrogens with one attached hydrogen (secondary N) is 1. The zero-order valence-electron chi connectivity index (χ0n) is 10.3.